The van der Waals surface area contributed by atoms with Crippen molar-refractivity contribution in [2.24, 2.45) is 0 Å². The van der Waals surface area contributed by atoms with Crippen molar-refractivity contribution in [2.45, 2.75) is 57.8 Å². The number of nitrogens with one attached hydrogen (secondary N) is 2. The van der Waals surface area contributed by atoms with Gasteiger partial charge >= 0.3 is 13.1 Å². The van der Waals surface area contributed by atoms with Gasteiger partial charge in [0.2, 0.25) is 0 Å². The molecule has 26 heavy (non-hydrogen) atoms. The Morgan fingerprint density at radius 3 is 2.35 bits per heavy atom. The van der Waals surface area contributed by atoms with E-state index in [4.69, 9.17) is 14.0 Å². The van der Waals surface area contributed by atoms with Crippen LogP contribution in [0.2, 0.25) is 0 Å². The monoisotopic (exact) mass is 364 g/mol. The fourth-order valence-corrected chi connectivity index (χ4v) is 2.94. The highest BCUT2D eigenvalue weighted by Gasteiger charge is 2.51. The van der Waals surface area contributed by atoms with Gasteiger partial charge in [-0.3, -0.25) is 0 Å². The van der Waals surface area contributed by atoms with Crippen LogP contribution in [0.3, 0.4) is 0 Å². The quantitative estimate of drug-likeness (QED) is 0.809. The molecular formula is C18H26BFN2O4. The van der Waals surface area contributed by atoms with Crippen LogP contribution >= 0.6 is 0 Å². The Bertz CT molecular complexity index is 661. The average molecular weight is 364 g/mol. The van der Waals surface area contributed by atoms with Crippen molar-refractivity contribution < 1.29 is 23.2 Å². The third-order valence-electron chi connectivity index (χ3n) is 5.32. The molecule has 0 spiro atoms. The lowest BCUT2D eigenvalue weighted by atomic mass is 9.79. The van der Waals surface area contributed by atoms with Crippen molar-refractivity contribution in [1.82, 2.24) is 5.32 Å². The fourth-order valence-electron chi connectivity index (χ4n) is 2.94. The SMILES string of the molecule is CC1(C)OB(c2ccc(NC(=O)NC3CCOCC3)c(F)c2)OC1(C)C. The van der Waals surface area contributed by atoms with Crippen LogP contribution in [-0.4, -0.2) is 43.6 Å². The highest BCUT2D eigenvalue weighted by atomic mass is 19.1. The highest BCUT2D eigenvalue weighted by molar-refractivity contribution is 6.62. The van der Waals surface area contributed by atoms with Crippen molar-refractivity contribution in [3.05, 3.63) is 24.0 Å². The summed E-state index contributed by atoms with van der Waals surface area (Å²) >= 11 is 0. The van der Waals surface area contributed by atoms with E-state index in [0.717, 1.165) is 12.8 Å². The van der Waals surface area contributed by atoms with Gasteiger partial charge in [0.25, 0.3) is 0 Å². The van der Waals surface area contributed by atoms with Gasteiger partial charge in [0, 0.05) is 19.3 Å². The first kappa shape index (κ1) is 19.1. The Morgan fingerprint density at radius 2 is 1.77 bits per heavy atom. The fraction of sp³-hybridized carbons (Fsp3) is 0.611. The molecule has 2 saturated heterocycles. The molecular weight excluding hydrogens is 338 g/mol. The molecule has 8 heteroatoms. The summed E-state index contributed by atoms with van der Waals surface area (Å²) in [6.45, 7) is 9.03. The van der Waals surface area contributed by atoms with Crippen molar-refractivity contribution in [1.29, 1.82) is 0 Å². The first-order chi connectivity index (χ1) is 12.2. The maximum atomic E-state index is 14.5. The minimum atomic E-state index is -0.639. The Hall–Kier alpha value is -1.64. The van der Waals surface area contributed by atoms with Gasteiger partial charge in [-0.25, -0.2) is 9.18 Å². The van der Waals surface area contributed by atoms with Crippen molar-refractivity contribution in [3.8, 4) is 0 Å². The molecule has 142 valence electrons. The van der Waals surface area contributed by atoms with Gasteiger partial charge in [-0.05, 0) is 58.1 Å². The first-order valence-corrected chi connectivity index (χ1v) is 8.98. The van der Waals surface area contributed by atoms with E-state index in [-0.39, 0.29) is 11.7 Å². The number of urea groups is 1. The van der Waals surface area contributed by atoms with Crippen molar-refractivity contribution >= 4 is 24.3 Å². The second-order valence-corrected chi connectivity index (χ2v) is 7.81. The summed E-state index contributed by atoms with van der Waals surface area (Å²) in [5.74, 6) is -0.528. The summed E-state index contributed by atoms with van der Waals surface area (Å²) in [6, 6.07) is 4.20. The number of anilines is 1. The van der Waals surface area contributed by atoms with Gasteiger partial charge in [0.15, 0.2) is 0 Å². The predicted octanol–water partition coefficient (Wildman–Crippen LogP) is 2.43. The van der Waals surface area contributed by atoms with Crippen LogP contribution in [0.25, 0.3) is 0 Å². The van der Waals surface area contributed by atoms with Gasteiger partial charge in [-0.15, -0.1) is 0 Å². The second kappa shape index (κ2) is 7.17. The molecule has 0 aromatic heterocycles. The van der Waals surface area contributed by atoms with Gasteiger partial charge in [-0.2, -0.15) is 0 Å². The molecule has 0 saturated carbocycles. The van der Waals surface area contributed by atoms with Crippen LogP contribution in [0.15, 0.2) is 18.2 Å². The number of hydrogen-bond acceptors (Lipinski definition) is 4. The third-order valence-corrected chi connectivity index (χ3v) is 5.32. The number of amides is 2. The number of rotatable bonds is 3. The molecule has 0 atom stereocenters. The predicted molar refractivity (Wildman–Crippen MR) is 98.1 cm³/mol. The minimum absolute atomic E-state index is 0.0517. The van der Waals surface area contributed by atoms with Crippen molar-refractivity contribution in [2.75, 3.05) is 18.5 Å². The summed E-state index contributed by atoms with van der Waals surface area (Å²) in [5, 5.41) is 5.40. The smallest absolute Gasteiger partial charge is 0.399 e. The number of benzene rings is 1. The van der Waals surface area contributed by atoms with E-state index in [0.29, 0.717) is 18.7 Å². The van der Waals surface area contributed by atoms with Gasteiger partial charge in [0.1, 0.15) is 5.82 Å². The van der Waals surface area contributed by atoms with Gasteiger partial charge < -0.3 is 24.7 Å². The van der Waals surface area contributed by atoms with E-state index in [1.54, 1.807) is 6.07 Å². The van der Waals surface area contributed by atoms with Gasteiger partial charge in [0.05, 0.1) is 16.9 Å². The van der Waals surface area contributed by atoms with Crippen LogP contribution in [0.4, 0.5) is 14.9 Å². The van der Waals surface area contributed by atoms with E-state index >= 15 is 0 Å². The number of hydrogen-bond donors (Lipinski definition) is 2. The number of carbonyl (C=O) groups excluding carboxylic acids is 1. The molecule has 1 aromatic carbocycles. The normalized spacial score (nSPS) is 22.3. The van der Waals surface area contributed by atoms with Crippen LogP contribution in [0, 0.1) is 5.82 Å². The molecule has 2 aliphatic rings. The topological polar surface area (TPSA) is 68.8 Å². The lowest BCUT2D eigenvalue weighted by Crippen LogP contribution is -2.41. The number of halogens is 1. The number of ether oxygens (including phenoxy) is 1. The molecule has 6 nitrogen and oxygen atoms in total. The molecule has 0 aliphatic carbocycles. The van der Waals surface area contributed by atoms with Crippen LogP contribution in [-0.2, 0) is 14.0 Å². The Kier molecular flexibility index (Phi) is 5.28. The van der Waals surface area contributed by atoms with Crippen LogP contribution in [0.1, 0.15) is 40.5 Å². The average Bonchev–Trinajstić information content (AvgIpc) is 2.78. The Morgan fingerprint density at radius 1 is 1.15 bits per heavy atom. The van der Waals surface area contributed by atoms with E-state index in [1.165, 1.54) is 12.1 Å². The van der Waals surface area contributed by atoms with Gasteiger partial charge in [-0.1, -0.05) is 6.07 Å². The maximum Gasteiger partial charge on any atom is 0.494 e. The zero-order chi connectivity index (χ0) is 18.9. The lowest BCUT2D eigenvalue weighted by molar-refractivity contribution is 0.00578. The molecule has 3 rings (SSSR count). The minimum Gasteiger partial charge on any atom is -0.399 e. The largest absolute Gasteiger partial charge is 0.494 e. The molecule has 2 heterocycles. The van der Waals surface area contributed by atoms with E-state index in [1.807, 2.05) is 27.7 Å². The van der Waals surface area contributed by atoms with E-state index < -0.39 is 30.2 Å². The molecule has 0 radical (unpaired) electrons. The highest BCUT2D eigenvalue weighted by Crippen LogP contribution is 2.36. The van der Waals surface area contributed by atoms with Crippen molar-refractivity contribution in [3.63, 3.8) is 0 Å². The lowest BCUT2D eigenvalue weighted by Gasteiger charge is -2.32. The first-order valence-electron chi connectivity index (χ1n) is 8.98. The van der Waals surface area contributed by atoms with E-state index in [2.05, 4.69) is 10.6 Å². The molecule has 2 fully saturated rings. The molecule has 0 bridgehead atoms. The summed E-state index contributed by atoms with van der Waals surface area (Å²) < 4.78 is 31.6. The summed E-state index contributed by atoms with van der Waals surface area (Å²) in [5.41, 5.74) is -0.282. The zero-order valence-electron chi connectivity index (χ0n) is 15.7. The van der Waals surface area contributed by atoms with Crippen LogP contribution < -0.4 is 16.1 Å². The molecule has 2 aliphatic heterocycles. The summed E-state index contributed by atoms with van der Waals surface area (Å²) in [4.78, 5) is 12.1. The van der Waals surface area contributed by atoms with E-state index in [9.17, 15) is 9.18 Å². The number of carbonyl (C=O) groups is 1. The zero-order valence-corrected chi connectivity index (χ0v) is 15.7. The molecule has 2 amide bonds. The van der Waals surface area contributed by atoms with Crippen LogP contribution in [0.5, 0.6) is 0 Å². The Balaban J connectivity index is 1.63. The molecule has 1 aromatic rings. The third kappa shape index (κ3) is 4.02. The summed E-state index contributed by atoms with van der Waals surface area (Å²) in [6.07, 6.45) is 1.52. The molecule has 2 N–H and O–H groups in total. The Labute approximate surface area is 153 Å². The maximum absolute atomic E-state index is 14.5. The standard InChI is InChI=1S/C18H26BFN2O4/c1-17(2)18(3,4)26-19(25-17)12-5-6-15(14(20)11-12)22-16(23)21-13-7-9-24-10-8-13/h5-6,11,13H,7-10H2,1-4H3,(H2,21,22,23). The summed E-state index contributed by atoms with van der Waals surface area (Å²) in [7, 11) is -0.639. The second-order valence-electron chi connectivity index (χ2n) is 7.81. The molecule has 0 unspecified atom stereocenters.